The maximum Gasteiger partial charge on any atom is 0.373 e. The molecule has 0 spiro atoms. The van der Waals surface area contributed by atoms with Crippen LogP contribution >= 0.6 is 0 Å². The van der Waals surface area contributed by atoms with Gasteiger partial charge in [0.1, 0.15) is 12.1 Å². The fourth-order valence-electron chi connectivity index (χ4n) is 2.05. The number of nitro groups is 2. The van der Waals surface area contributed by atoms with E-state index in [1.165, 1.54) is 36.7 Å². The Morgan fingerprint density at radius 2 is 1.88 bits per heavy atom. The molecule has 26 heavy (non-hydrogen) atoms. The summed E-state index contributed by atoms with van der Waals surface area (Å²) in [7, 11) is 0. The third-order valence-electron chi connectivity index (χ3n) is 3.14. The molecule has 2 heterocycles. The van der Waals surface area contributed by atoms with Gasteiger partial charge in [-0.1, -0.05) is 6.07 Å². The van der Waals surface area contributed by atoms with E-state index in [2.05, 4.69) is 20.3 Å². The van der Waals surface area contributed by atoms with Gasteiger partial charge in [0.2, 0.25) is 5.82 Å². The molecule has 0 atom stereocenters. The van der Waals surface area contributed by atoms with Crippen LogP contribution in [0.25, 0.3) is 0 Å². The van der Waals surface area contributed by atoms with Crippen molar-refractivity contribution in [1.82, 2.24) is 15.0 Å². The Morgan fingerprint density at radius 1 is 1.04 bits per heavy atom. The van der Waals surface area contributed by atoms with Crippen LogP contribution in [0, 0.1) is 20.2 Å². The van der Waals surface area contributed by atoms with Crippen molar-refractivity contribution in [2.45, 2.75) is 0 Å². The molecule has 3 aromatic rings. The van der Waals surface area contributed by atoms with Crippen molar-refractivity contribution in [3.05, 3.63) is 75.3 Å². The standard InChI is InChI=1S/C15H10N6O5/c22-20(23)11-4-1-3-10(7-11)19-14-13(21(24)25)15(18-9-17-14)26-12-5-2-6-16-8-12/h1-9H,(H,17,18,19). The van der Waals surface area contributed by atoms with Gasteiger partial charge >= 0.3 is 11.6 Å². The lowest BCUT2D eigenvalue weighted by Crippen LogP contribution is -2.03. The first kappa shape index (κ1) is 16.7. The molecular weight excluding hydrogens is 344 g/mol. The summed E-state index contributed by atoms with van der Waals surface area (Å²) >= 11 is 0. The first-order chi connectivity index (χ1) is 12.5. The Hall–Kier alpha value is -4.15. The van der Waals surface area contributed by atoms with Crippen molar-refractivity contribution in [2.24, 2.45) is 0 Å². The molecule has 0 fully saturated rings. The number of benzene rings is 1. The molecule has 11 nitrogen and oxygen atoms in total. The number of aromatic nitrogens is 3. The number of hydrogen-bond donors (Lipinski definition) is 1. The number of pyridine rings is 1. The summed E-state index contributed by atoms with van der Waals surface area (Å²) in [5, 5.41) is 25.0. The Morgan fingerprint density at radius 3 is 2.58 bits per heavy atom. The van der Waals surface area contributed by atoms with Gasteiger partial charge < -0.3 is 10.1 Å². The number of nitrogens with zero attached hydrogens (tertiary/aromatic N) is 5. The van der Waals surface area contributed by atoms with Gasteiger partial charge in [0, 0.05) is 24.0 Å². The van der Waals surface area contributed by atoms with Crippen LogP contribution < -0.4 is 10.1 Å². The first-order valence-corrected chi connectivity index (χ1v) is 7.13. The molecule has 1 N–H and O–H groups in total. The highest BCUT2D eigenvalue weighted by Gasteiger charge is 2.25. The SMILES string of the molecule is O=[N+]([O-])c1cccc(Nc2ncnc(Oc3cccnc3)c2[N+](=O)[O-])c1. The van der Waals surface area contributed by atoms with Gasteiger partial charge in [-0.05, 0) is 18.2 Å². The number of nitro benzene ring substituents is 1. The van der Waals surface area contributed by atoms with E-state index in [0.29, 0.717) is 0 Å². The zero-order chi connectivity index (χ0) is 18.5. The Balaban J connectivity index is 1.97. The van der Waals surface area contributed by atoms with Crippen molar-refractivity contribution >= 4 is 22.9 Å². The molecule has 0 bridgehead atoms. The van der Waals surface area contributed by atoms with Crippen molar-refractivity contribution in [2.75, 3.05) is 5.32 Å². The minimum atomic E-state index is -0.703. The highest BCUT2D eigenvalue weighted by atomic mass is 16.6. The Kier molecular flexibility index (Phi) is 4.60. The van der Waals surface area contributed by atoms with E-state index >= 15 is 0 Å². The largest absolute Gasteiger partial charge is 0.432 e. The highest BCUT2D eigenvalue weighted by molar-refractivity contribution is 5.69. The smallest absolute Gasteiger partial charge is 0.373 e. The predicted octanol–water partition coefficient (Wildman–Crippen LogP) is 3.22. The van der Waals surface area contributed by atoms with E-state index in [0.717, 1.165) is 6.33 Å². The number of rotatable bonds is 6. The second kappa shape index (κ2) is 7.17. The molecule has 0 aliphatic rings. The molecule has 0 aliphatic heterocycles. The number of nitrogens with one attached hydrogen (secondary N) is 1. The third kappa shape index (κ3) is 3.67. The average Bonchev–Trinajstić information content (AvgIpc) is 2.62. The lowest BCUT2D eigenvalue weighted by atomic mass is 10.3. The maximum absolute atomic E-state index is 11.5. The molecular formula is C15H10N6O5. The molecule has 0 radical (unpaired) electrons. The van der Waals surface area contributed by atoms with E-state index in [-0.39, 0.29) is 28.8 Å². The molecule has 0 aliphatic carbocycles. The van der Waals surface area contributed by atoms with E-state index in [9.17, 15) is 20.2 Å². The number of anilines is 2. The van der Waals surface area contributed by atoms with Crippen LogP contribution in [0.3, 0.4) is 0 Å². The van der Waals surface area contributed by atoms with Crippen molar-refractivity contribution in [1.29, 1.82) is 0 Å². The number of hydrogen-bond acceptors (Lipinski definition) is 9. The Labute approximate surface area is 145 Å². The summed E-state index contributed by atoms with van der Waals surface area (Å²) in [6.45, 7) is 0. The third-order valence-corrected chi connectivity index (χ3v) is 3.14. The summed E-state index contributed by atoms with van der Waals surface area (Å²) in [6.07, 6.45) is 3.98. The normalized spacial score (nSPS) is 10.2. The monoisotopic (exact) mass is 354 g/mol. The molecule has 0 saturated heterocycles. The average molecular weight is 354 g/mol. The molecule has 1 aromatic carbocycles. The van der Waals surface area contributed by atoms with E-state index in [4.69, 9.17) is 4.74 Å². The van der Waals surface area contributed by atoms with Crippen LogP contribution in [0.1, 0.15) is 0 Å². The lowest BCUT2D eigenvalue weighted by Gasteiger charge is -2.09. The second-order valence-corrected chi connectivity index (χ2v) is 4.86. The summed E-state index contributed by atoms with van der Waals surface area (Å²) in [6, 6.07) is 8.65. The van der Waals surface area contributed by atoms with Crippen LogP contribution in [0.2, 0.25) is 0 Å². The summed E-state index contributed by atoms with van der Waals surface area (Å²) in [5.41, 5.74) is -0.422. The van der Waals surface area contributed by atoms with Gasteiger partial charge in [0.15, 0.2) is 0 Å². The summed E-state index contributed by atoms with van der Waals surface area (Å²) < 4.78 is 5.41. The first-order valence-electron chi connectivity index (χ1n) is 7.13. The van der Waals surface area contributed by atoms with Crippen LogP contribution in [0.4, 0.5) is 22.9 Å². The van der Waals surface area contributed by atoms with Crippen molar-refractivity contribution in [3.63, 3.8) is 0 Å². The highest BCUT2D eigenvalue weighted by Crippen LogP contribution is 2.35. The van der Waals surface area contributed by atoms with Crippen LogP contribution in [-0.2, 0) is 0 Å². The lowest BCUT2D eigenvalue weighted by molar-refractivity contribution is -0.385. The van der Waals surface area contributed by atoms with Gasteiger partial charge in [0.25, 0.3) is 5.69 Å². The second-order valence-electron chi connectivity index (χ2n) is 4.86. The van der Waals surface area contributed by atoms with E-state index in [1.54, 1.807) is 12.1 Å². The molecule has 11 heteroatoms. The quantitative estimate of drug-likeness (QED) is 0.520. The number of non-ortho nitro benzene ring substituents is 1. The topological polar surface area (TPSA) is 146 Å². The minimum absolute atomic E-state index is 0.163. The predicted molar refractivity (Wildman–Crippen MR) is 89.4 cm³/mol. The molecule has 3 rings (SSSR count). The molecule has 0 saturated carbocycles. The Bertz CT molecular complexity index is 966. The molecule has 0 amide bonds. The minimum Gasteiger partial charge on any atom is -0.432 e. The van der Waals surface area contributed by atoms with Gasteiger partial charge in [0.05, 0.1) is 16.0 Å². The maximum atomic E-state index is 11.5. The molecule has 130 valence electrons. The van der Waals surface area contributed by atoms with Crippen molar-refractivity contribution in [3.8, 4) is 11.6 Å². The van der Waals surface area contributed by atoms with Crippen LogP contribution in [0.5, 0.6) is 11.6 Å². The van der Waals surface area contributed by atoms with Gasteiger partial charge in [-0.25, -0.2) is 4.98 Å². The molecule has 2 aromatic heterocycles. The van der Waals surface area contributed by atoms with Crippen molar-refractivity contribution < 1.29 is 14.6 Å². The summed E-state index contributed by atoms with van der Waals surface area (Å²) in [5.74, 6) is -0.189. The zero-order valence-electron chi connectivity index (χ0n) is 13.0. The van der Waals surface area contributed by atoms with Gasteiger partial charge in [-0.15, -0.1) is 0 Å². The fourth-order valence-corrected chi connectivity index (χ4v) is 2.05. The van der Waals surface area contributed by atoms with Gasteiger partial charge in [-0.2, -0.15) is 4.98 Å². The van der Waals surface area contributed by atoms with E-state index < -0.39 is 15.5 Å². The molecule has 0 unspecified atom stereocenters. The van der Waals surface area contributed by atoms with Gasteiger partial charge in [-0.3, -0.25) is 25.2 Å². The van der Waals surface area contributed by atoms with Crippen LogP contribution in [-0.4, -0.2) is 24.8 Å². The van der Waals surface area contributed by atoms with E-state index in [1.807, 2.05) is 0 Å². The summed E-state index contributed by atoms with van der Waals surface area (Å²) in [4.78, 5) is 32.5. The van der Waals surface area contributed by atoms with Crippen LogP contribution in [0.15, 0.2) is 55.1 Å². The fraction of sp³-hybridized carbons (Fsp3) is 0. The zero-order valence-corrected chi connectivity index (χ0v) is 13.0. The number of ether oxygens (including phenoxy) is 1.